The van der Waals surface area contributed by atoms with Gasteiger partial charge in [-0.25, -0.2) is 0 Å². The number of nitrogens with zero attached hydrogens (tertiary/aromatic N) is 1. The summed E-state index contributed by atoms with van der Waals surface area (Å²) in [7, 11) is 0. The predicted molar refractivity (Wildman–Crippen MR) is 120 cm³/mol. The van der Waals surface area contributed by atoms with Gasteiger partial charge in [-0.3, -0.25) is 14.6 Å². The first kappa shape index (κ1) is 20.1. The molecule has 30 heavy (non-hydrogen) atoms. The third kappa shape index (κ3) is 4.52. The van der Waals surface area contributed by atoms with E-state index in [1.54, 1.807) is 12.3 Å². The quantitative estimate of drug-likeness (QED) is 0.384. The number of carbonyl (C=O) groups excluding carboxylic acids is 2. The number of aromatic amines is 1. The summed E-state index contributed by atoms with van der Waals surface area (Å²) in [5.41, 5.74) is 6.35. The Morgan fingerprint density at radius 1 is 1.20 bits per heavy atom. The summed E-state index contributed by atoms with van der Waals surface area (Å²) >= 11 is 3.26. The number of fused-ring (bicyclic) bond motifs is 1. The molecule has 152 valence electrons. The maximum absolute atomic E-state index is 12.0. The number of H-pyrrole nitrogens is 1. The number of hydrogen-bond acceptors (Lipinski definition) is 3. The summed E-state index contributed by atoms with van der Waals surface area (Å²) in [5, 5.41) is 6.39. The molecule has 4 rings (SSSR count). The van der Waals surface area contributed by atoms with E-state index < -0.39 is 0 Å². The second-order valence-corrected chi connectivity index (χ2v) is 7.63. The monoisotopic (exact) mass is 464 g/mol. The standard InChI is InChI=1S/C23H21BrN4O2/c24-8-2-5-22(29)27-14-15-3-1-4-16(11-15)20-12-17(6-9-25-20)21-13-18-19(28-21)7-10-26-23(18)30/h1-6,9,11-13,28H,7-8,10,14H2,(H,26,30)(H,27,29)/b5-2+. The molecule has 0 aliphatic carbocycles. The molecule has 1 aliphatic heterocycles. The number of nitrogens with one attached hydrogen (secondary N) is 3. The Hall–Kier alpha value is -3.19. The zero-order chi connectivity index (χ0) is 20.9. The van der Waals surface area contributed by atoms with Gasteiger partial charge in [0.1, 0.15) is 0 Å². The number of rotatable bonds is 6. The molecule has 3 aromatic rings. The summed E-state index contributed by atoms with van der Waals surface area (Å²) in [6.45, 7) is 1.10. The van der Waals surface area contributed by atoms with Crippen molar-refractivity contribution in [3.05, 3.63) is 77.6 Å². The van der Waals surface area contributed by atoms with Crippen LogP contribution in [0.3, 0.4) is 0 Å². The van der Waals surface area contributed by atoms with Crippen molar-refractivity contribution in [3.63, 3.8) is 0 Å². The lowest BCUT2D eigenvalue weighted by molar-refractivity contribution is -0.116. The highest BCUT2D eigenvalue weighted by Crippen LogP contribution is 2.27. The fourth-order valence-corrected chi connectivity index (χ4v) is 3.63. The highest BCUT2D eigenvalue weighted by molar-refractivity contribution is 9.09. The Labute approximate surface area is 182 Å². The number of amides is 2. The zero-order valence-corrected chi connectivity index (χ0v) is 17.8. The van der Waals surface area contributed by atoms with Crippen LogP contribution in [-0.4, -0.2) is 33.7 Å². The van der Waals surface area contributed by atoms with E-state index in [0.717, 1.165) is 40.2 Å². The van der Waals surface area contributed by atoms with Crippen LogP contribution in [0.25, 0.3) is 22.5 Å². The molecule has 0 unspecified atom stereocenters. The van der Waals surface area contributed by atoms with Gasteiger partial charge in [-0.1, -0.05) is 40.2 Å². The van der Waals surface area contributed by atoms with E-state index in [1.807, 2.05) is 42.5 Å². The third-order valence-electron chi connectivity index (χ3n) is 4.92. The summed E-state index contributed by atoms with van der Waals surface area (Å²) in [6, 6.07) is 13.8. The molecule has 7 heteroatoms. The highest BCUT2D eigenvalue weighted by Gasteiger charge is 2.20. The van der Waals surface area contributed by atoms with Crippen LogP contribution in [0.4, 0.5) is 0 Å². The van der Waals surface area contributed by atoms with Crippen LogP contribution in [0.15, 0.2) is 60.8 Å². The summed E-state index contributed by atoms with van der Waals surface area (Å²) in [4.78, 5) is 31.7. The number of allylic oxidation sites excluding steroid dienone is 1. The van der Waals surface area contributed by atoms with Gasteiger partial charge in [-0.2, -0.15) is 0 Å². The van der Waals surface area contributed by atoms with Crippen LogP contribution < -0.4 is 10.6 Å². The highest BCUT2D eigenvalue weighted by atomic mass is 79.9. The maximum atomic E-state index is 12.0. The number of hydrogen-bond donors (Lipinski definition) is 3. The predicted octanol–water partition coefficient (Wildman–Crippen LogP) is 3.60. The zero-order valence-electron chi connectivity index (χ0n) is 16.2. The van der Waals surface area contributed by atoms with Gasteiger partial charge < -0.3 is 15.6 Å². The molecular weight excluding hydrogens is 444 g/mol. The molecule has 2 aromatic heterocycles. The average Bonchev–Trinajstić information content (AvgIpc) is 3.22. The Kier molecular flexibility index (Phi) is 6.09. The summed E-state index contributed by atoms with van der Waals surface area (Å²) in [5.74, 6) is -0.159. The Morgan fingerprint density at radius 2 is 2.10 bits per heavy atom. The number of halogens is 1. The molecule has 0 fully saturated rings. The second-order valence-electron chi connectivity index (χ2n) is 6.99. The Morgan fingerprint density at radius 3 is 2.93 bits per heavy atom. The summed E-state index contributed by atoms with van der Waals surface area (Å²) in [6.07, 6.45) is 5.84. The molecule has 6 nitrogen and oxygen atoms in total. The molecule has 0 radical (unpaired) electrons. The normalized spacial score (nSPS) is 13.2. The SMILES string of the molecule is O=C(/C=C/CBr)NCc1cccc(-c2cc(-c3cc4c([nH]3)CCNC4=O)ccn2)c1. The first-order chi connectivity index (χ1) is 14.6. The lowest BCUT2D eigenvalue weighted by Gasteiger charge is -2.11. The van der Waals surface area contributed by atoms with Crippen LogP contribution in [0.5, 0.6) is 0 Å². The van der Waals surface area contributed by atoms with E-state index in [-0.39, 0.29) is 11.8 Å². The number of pyridine rings is 1. The van der Waals surface area contributed by atoms with Crippen molar-refractivity contribution in [2.24, 2.45) is 0 Å². The van der Waals surface area contributed by atoms with Gasteiger partial charge in [-0.15, -0.1) is 0 Å². The topological polar surface area (TPSA) is 86.9 Å². The largest absolute Gasteiger partial charge is 0.358 e. The molecule has 0 saturated carbocycles. The van der Waals surface area contributed by atoms with Gasteiger partial charge in [0.15, 0.2) is 0 Å². The Bertz CT molecular complexity index is 1120. The molecule has 3 heterocycles. The van der Waals surface area contributed by atoms with Crippen LogP contribution >= 0.6 is 15.9 Å². The van der Waals surface area contributed by atoms with Crippen LogP contribution in [0.1, 0.15) is 21.6 Å². The molecule has 1 aliphatic rings. The minimum atomic E-state index is -0.125. The first-order valence-corrected chi connectivity index (χ1v) is 10.8. The lowest BCUT2D eigenvalue weighted by Crippen LogP contribution is -2.31. The molecule has 0 bridgehead atoms. The van der Waals surface area contributed by atoms with Crippen molar-refractivity contribution >= 4 is 27.7 Å². The van der Waals surface area contributed by atoms with Crippen molar-refractivity contribution in [1.82, 2.24) is 20.6 Å². The first-order valence-electron chi connectivity index (χ1n) is 9.70. The van der Waals surface area contributed by atoms with Gasteiger partial charge in [-0.05, 0) is 35.9 Å². The van der Waals surface area contributed by atoms with E-state index in [2.05, 4.69) is 36.5 Å². The number of aromatic nitrogens is 2. The average molecular weight is 465 g/mol. The van der Waals surface area contributed by atoms with Crippen molar-refractivity contribution in [3.8, 4) is 22.5 Å². The summed E-state index contributed by atoms with van der Waals surface area (Å²) < 4.78 is 0. The molecule has 0 atom stereocenters. The molecule has 2 amide bonds. The second kappa shape index (κ2) is 9.09. The van der Waals surface area contributed by atoms with Crippen molar-refractivity contribution in [2.45, 2.75) is 13.0 Å². The minimum absolute atomic E-state index is 0.0336. The third-order valence-corrected chi connectivity index (χ3v) is 5.30. The number of benzene rings is 1. The van der Waals surface area contributed by atoms with Crippen LogP contribution in [0, 0.1) is 0 Å². The number of alkyl halides is 1. The van der Waals surface area contributed by atoms with Gasteiger partial charge in [0.25, 0.3) is 5.91 Å². The van der Waals surface area contributed by atoms with Gasteiger partial charge in [0.05, 0.1) is 11.3 Å². The fourth-order valence-electron chi connectivity index (χ4n) is 3.45. The van der Waals surface area contributed by atoms with E-state index in [9.17, 15) is 9.59 Å². The van der Waals surface area contributed by atoms with E-state index >= 15 is 0 Å². The molecule has 0 spiro atoms. The van der Waals surface area contributed by atoms with Crippen LogP contribution in [0.2, 0.25) is 0 Å². The maximum Gasteiger partial charge on any atom is 0.253 e. The van der Waals surface area contributed by atoms with Gasteiger partial charge in [0.2, 0.25) is 5.91 Å². The Balaban J connectivity index is 1.55. The molecule has 1 aromatic carbocycles. The van der Waals surface area contributed by atoms with Crippen molar-refractivity contribution < 1.29 is 9.59 Å². The van der Waals surface area contributed by atoms with Gasteiger partial charge in [0, 0.05) is 53.6 Å². The fraction of sp³-hybridized carbons (Fsp3) is 0.174. The lowest BCUT2D eigenvalue weighted by atomic mass is 10.0. The van der Waals surface area contributed by atoms with E-state index in [0.29, 0.717) is 24.0 Å². The van der Waals surface area contributed by atoms with Crippen LogP contribution in [-0.2, 0) is 17.8 Å². The van der Waals surface area contributed by atoms with Gasteiger partial charge >= 0.3 is 0 Å². The number of carbonyl (C=O) groups is 2. The van der Waals surface area contributed by atoms with Crippen molar-refractivity contribution in [2.75, 3.05) is 11.9 Å². The minimum Gasteiger partial charge on any atom is -0.358 e. The van der Waals surface area contributed by atoms with E-state index in [4.69, 9.17) is 0 Å². The molecule has 3 N–H and O–H groups in total. The van der Waals surface area contributed by atoms with E-state index in [1.165, 1.54) is 6.08 Å². The molecular formula is C23H21BrN4O2. The smallest absolute Gasteiger partial charge is 0.253 e. The molecule has 0 saturated heterocycles. The van der Waals surface area contributed by atoms with Crippen molar-refractivity contribution in [1.29, 1.82) is 0 Å².